The first-order valence-corrected chi connectivity index (χ1v) is 9.15. The number of aromatic nitrogens is 3. The van der Waals surface area contributed by atoms with E-state index >= 15 is 0 Å². The summed E-state index contributed by atoms with van der Waals surface area (Å²) in [5.41, 5.74) is -0.569. The van der Waals surface area contributed by atoms with E-state index in [1.807, 2.05) is 0 Å². The predicted molar refractivity (Wildman–Crippen MR) is 103 cm³/mol. The van der Waals surface area contributed by atoms with Crippen LogP contribution in [0.5, 0.6) is 0 Å². The number of hydrogen-bond donors (Lipinski definition) is 0. The first kappa shape index (κ1) is 20.4. The molecular weight excluding hydrogens is 476 g/mol. The predicted octanol–water partition coefficient (Wildman–Crippen LogP) is 6.96. The lowest BCUT2D eigenvalue weighted by Gasteiger charge is -2.12. The topological polar surface area (TPSA) is 30.7 Å². The van der Waals surface area contributed by atoms with Gasteiger partial charge >= 0.3 is 12.4 Å². The molecule has 2 heterocycles. The summed E-state index contributed by atoms with van der Waals surface area (Å²) in [5.74, 6) is 0.313. The molecule has 0 aliphatic rings. The number of imidazole rings is 1. The zero-order valence-electron chi connectivity index (χ0n) is 14.8. The van der Waals surface area contributed by atoms with Gasteiger partial charge in [0.05, 0.1) is 44.0 Å². The molecule has 10 heteroatoms. The maximum absolute atomic E-state index is 13.2. The highest BCUT2D eigenvalue weighted by Crippen LogP contribution is 2.37. The third-order valence-electron chi connectivity index (χ3n) is 4.46. The SMILES string of the molecule is FC(F)(F)c1ccc2nc(-c3ccc(-c4ncccc4C(F)(F)F)cc3)n(Br)c2c1. The normalized spacial score (nSPS) is 12.5. The smallest absolute Gasteiger partial charge is 0.258 e. The fraction of sp³-hybridized carbons (Fsp3) is 0.100. The van der Waals surface area contributed by atoms with Crippen LogP contribution < -0.4 is 0 Å². The van der Waals surface area contributed by atoms with Gasteiger partial charge in [-0.15, -0.1) is 0 Å². The zero-order chi connectivity index (χ0) is 21.7. The maximum Gasteiger partial charge on any atom is 0.418 e. The molecule has 0 saturated heterocycles. The summed E-state index contributed by atoms with van der Waals surface area (Å²) in [6.07, 6.45) is -7.77. The van der Waals surface area contributed by atoms with Gasteiger partial charge in [0, 0.05) is 17.3 Å². The third kappa shape index (κ3) is 3.67. The van der Waals surface area contributed by atoms with E-state index in [2.05, 4.69) is 26.1 Å². The minimum Gasteiger partial charge on any atom is -0.258 e. The van der Waals surface area contributed by atoms with Gasteiger partial charge in [0.25, 0.3) is 0 Å². The van der Waals surface area contributed by atoms with Crippen LogP contribution in [0.1, 0.15) is 11.1 Å². The molecule has 2 aromatic heterocycles. The molecule has 0 radical (unpaired) electrons. The van der Waals surface area contributed by atoms with Crippen molar-refractivity contribution in [3.05, 3.63) is 71.9 Å². The fourth-order valence-electron chi connectivity index (χ4n) is 3.04. The largest absolute Gasteiger partial charge is 0.418 e. The molecule has 154 valence electrons. The van der Waals surface area contributed by atoms with Gasteiger partial charge < -0.3 is 0 Å². The van der Waals surface area contributed by atoms with Gasteiger partial charge in [-0.1, -0.05) is 24.3 Å². The molecule has 0 fully saturated rings. The number of pyridine rings is 1. The van der Waals surface area contributed by atoms with Crippen LogP contribution in [0.15, 0.2) is 60.8 Å². The van der Waals surface area contributed by atoms with E-state index < -0.39 is 23.5 Å². The van der Waals surface area contributed by atoms with Gasteiger partial charge in [0.1, 0.15) is 0 Å². The zero-order valence-corrected chi connectivity index (χ0v) is 16.3. The molecule has 2 aromatic carbocycles. The summed E-state index contributed by atoms with van der Waals surface area (Å²) in [6, 6.07) is 11.3. The van der Waals surface area contributed by atoms with Crippen LogP contribution in [0.25, 0.3) is 33.7 Å². The fourth-order valence-corrected chi connectivity index (χ4v) is 3.61. The van der Waals surface area contributed by atoms with Crippen LogP contribution in [0.2, 0.25) is 0 Å². The van der Waals surface area contributed by atoms with Gasteiger partial charge in [0.15, 0.2) is 5.82 Å². The van der Waals surface area contributed by atoms with Crippen molar-refractivity contribution in [1.29, 1.82) is 0 Å². The molecule has 0 saturated carbocycles. The van der Waals surface area contributed by atoms with Crippen molar-refractivity contribution in [2.24, 2.45) is 0 Å². The molecule has 0 spiro atoms. The lowest BCUT2D eigenvalue weighted by molar-refractivity contribution is -0.138. The first-order valence-electron chi connectivity index (χ1n) is 8.44. The number of fused-ring (bicyclic) bond motifs is 1. The van der Waals surface area contributed by atoms with Crippen LogP contribution in [0.3, 0.4) is 0 Å². The molecule has 3 nitrogen and oxygen atoms in total. The second-order valence-corrected chi connectivity index (χ2v) is 7.10. The number of nitrogens with zero attached hydrogens (tertiary/aromatic N) is 3. The van der Waals surface area contributed by atoms with E-state index in [-0.39, 0.29) is 16.8 Å². The summed E-state index contributed by atoms with van der Waals surface area (Å²) >= 11 is 3.22. The summed E-state index contributed by atoms with van der Waals surface area (Å²) in [4.78, 5) is 8.16. The number of alkyl halides is 6. The minimum atomic E-state index is -4.55. The highest BCUT2D eigenvalue weighted by Gasteiger charge is 2.34. The van der Waals surface area contributed by atoms with Crippen molar-refractivity contribution in [2.45, 2.75) is 12.4 Å². The number of benzene rings is 2. The average Bonchev–Trinajstić information content (AvgIpc) is 3.03. The molecule has 0 aliphatic carbocycles. The Morgan fingerprint density at radius 2 is 1.47 bits per heavy atom. The van der Waals surface area contributed by atoms with Gasteiger partial charge in [-0.2, -0.15) is 26.3 Å². The first-order chi connectivity index (χ1) is 14.1. The molecule has 0 unspecified atom stereocenters. The summed E-state index contributed by atoms with van der Waals surface area (Å²) in [6.45, 7) is 0. The Balaban J connectivity index is 1.76. The van der Waals surface area contributed by atoms with Crippen molar-refractivity contribution in [3.63, 3.8) is 0 Å². The van der Waals surface area contributed by atoms with E-state index in [1.54, 1.807) is 0 Å². The van der Waals surface area contributed by atoms with Crippen molar-refractivity contribution >= 4 is 27.2 Å². The van der Waals surface area contributed by atoms with Gasteiger partial charge in [0.2, 0.25) is 0 Å². The second-order valence-electron chi connectivity index (χ2n) is 6.39. The van der Waals surface area contributed by atoms with Crippen molar-refractivity contribution in [3.8, 4) is 22.6 Å². The van der Waals surface area contributed by atoms with Gasteiger partial charge in [-0.25, -0.2) is 4.98 Å². The quantitative estimate of drug-likeness (QED) is 0.287. The summed E-state index contributed by atoms with van der Waals surface area (Å²) in [5, 5.41) is 0. The Morgan fingerprint density at radius 1 is 0.800 bits per heavy atom. The number of hydrogen-bond acceptors (Lipinski definition) is 2. The Bertz CT molecular complexity index is 1230. The van der Waals surface area contributed by atoms with E-state index in [0.717, 1.165) is 18.2 Å². The second kappa shape index (κ2) is 7.12. The van der Waals surface area contributed by atoms with Crippen molar-refractivity contribution < 1.29 is 26.3 Å². The molecule has 4 rings (SSSR count). The van der Waals surface area contributed by atoms with E-state index in [0.29, 0.717) is 16.9 Å². The molecular formula is C20H10BrF6N3. The molecule has 0 N–H and O–H groups in total. The standard InChI is InChI=1S/C20H10BrF6N3/c21-30-16-10-13(19(22,23)24)7-8-15(16)29-18(30)12-5-3-11(4-6-12)17-14(20(25,26)27)2-1-9-28-17/h1-10H. The Hall–Kier alpha value is -2.88. The lowest BCUT2D eigenvalue weighted by Crippen LogP contribution is -2.08. The average molecular weight is 486 g/mol. The third-order valence-corrected chi connectivity index (χ3v) is 5.17. The molecule has 0 amide bonds. The van der Waals surface area contributed by atoms with Crippen LogP contribution in [0.4, 0.5) is 26.3 Å². The van der Waals surface area contributed by atoms with Crippen molar-refractivity contribution in [1.82, 2.24) is 13.6 Å². The van der Waals surface area contributed by atoms with Crippen LogP contribution in [-0.2, 0) is 12.4 Å². The molecule has 0 atom stereocenters. The van der Waals surface area contributed by atoms with Crippen LogP contribution in [0, 0.1) is 0 Å². The van der Waals surface area contributed by atoms with Crippen LogP contribution >= 0.6 is 16.1 Å². The van der Waals surface area contributed by atoms with Crippen LogP contribution in [-0.4, -0.2) is 13.6 Å². The number of rotatable bonds is 2. The number of halogens is 7. The highest BCUT2D eigenvalue weighted by atomic mass is 79.9. The highest BCUT2D eigenvalue weighted by molar-refractivity contribution is 9.08. The molecule has 0 aliphatic heterocycles. The summed E-state index contributed by atoms with van der Waals surface area (Å²) < 4.78 is 79.9. The monoisotopic (exact) mass is 485 g/mol. The van der Waals surface area contributed by atoms with E-state index in [9.17, 15) is 26.3 Å². The van der Waals surface area contributed by atoms with Crippen molar-refractivity contribution in [2.75, 3.05) is 0 Å². The maximum atomic E-state index is 13.2. The lowest BCUT2D eigenvalue weighted by atomic mass is 10.0. The Labute approximate surface area is 174 Å². The van der Waals surface area contributed by atoms with Gasteiger partial charge in [-0.3, -0.25) is 8.58 Å². The molecule has 4 aromatic rings. The Morgan fingerprint density at radius 3 is 2.10 bits per heavy atom. The Kier molecular flexibility index (Phi) is 4.84. The molecule has 30 heavy (non-hydrogen) atoms. The van der Waals surface area contributed by atoms with Gasteiger partial charge in [-0.05, 0) is 30.3 Å². The summed E-state index contributed by atoms with van der Waals surface area (Å²) in [7, 11) is 0. The molecule has 0 bridgehead atoms. The minimum absolute atomic E-state index is 0.210. The van der Waals surface area contributed by atoms with E-state index in [1.165, 1.54) is 46.2 Å². The van der Waals surface area contributed by atoms with E-state index in [4.69, 9.17) is 0 Å².